The van der Waals surface area contributed by atoms with Crippen molar-refractivity contribution in [3.63, 3.8) is 0 Å². The number of nitrogens with one attached hydrogen (secondary N) is 1. The van der Waals surface area contributed by atoms with Gasteiger partial charge in [-0.3, -0.25) is 4.99 Å². The van der Waals surface area contributed by atoms with Crippen molar-refractivity contribution in [1.29, 1.82) is 0 Å². The topological polar surface area (TPSA) is 61.6 Å². The van der Waals surface area contributed by atoms with E-state index in [0.717, 1.165) is 49.3 Å². The smallest absolute Gasteiger partial charge is 0.194 e. The van der Waals surface area contributed by atoms with Gasteiger partial charge in [-0.25, -0.2) is 14.4 Å². The Kier molecular flexibility index (Phi) is 7.83. The highest BCUT2D eigenvalue weighted by Gasteiger charge is 2.20. The third-order valence-electron chi connectivity index (χ3n) is 5.31. The Morgan fingerprint density at radius 1 is 1.10 bits per heavy atom. The van der Waals surface area contributed by atoms with Crippen LogP contribution in [0.4, 0.5) is 10.2 Å². The molecule has 0 spiro atoms. The highest BCUT2D eigenvalue weighted by molar-refractivity contribution is 14.0. The van der Waals surface area contributed by atoms with Crippen molar-refractivity contribution in [2.24, 2.45) is 4.99 Å². The SMILES string of the molecule is CN=C(NCc1ccc(-n2ccnc2C)c(F)c1)N1CCN(c2ccccn2)CC1.I. The van der Waals surface area contributed by atoms with Gasteiger partial charge in [0, 0.05) is 58.4 Å². The molecule has 0 atom stereocenters. The van der Waals surface area contributed by atoms with E-state index in [0.29, 0.717) is 12.2 Å². The average Bonchev–Trinajstić information content (AvgIpc) is 3.21. The molecule has 1 N–H and O–H groups in total. The van der Waals surface area contributed by atoms with Crippen LogP contribution in [0.1, 0.15) is 11.4 Å². The maximum atomic E-state index is 14.6. The van der Waals surface area contributed by atoms with Gasteiger partial charge in [0.15, 0.2) is 5.96 Å². The normalized spacial score (nSPS) is 14.4. The zero-order valence-electron chi connectivity index (χ0n) is 17.7. The average molecular weight is 535 g/mol. The van der Waals surface area contributed by atoms with Gasteiger partial charge in [-0.2, -0.15) is 0 Å². The maximum Gasteiger partial charge on any atom is 0.194 e. The molecule has 7 nitrogen and oxygen atoms in total. The summed E-state index contributed by atoms with van der Waals surface area (Å²) in [6.07, 6.45) is 5.25. The molecule has 1 saturated heterocycles. The lowest BCUT2D eigenvalue weighted by atomic mass is 10.2. The van der Waals surface area contributed by atoms with Crippen molar-refractivity contribution < 1.29 is 4.39 Å². The first-order valence-corrected chi connectivity index (χ1v) is 10.1. The molecule has 3 heterocycles. The number of imidazole rings is 1. The van der Waals surface area contributed by atoms with Gasteiger partial charge in [-0.1, -0.05) is 12.1 Å². The van der Waals surface area contributed by atoms with Gasteiger partial charge in [0.05, 0.1) is 5.69 Å². The summed E-state index contributed by atoms with van der Waals surface area (Å²) in [6, 6.07) is 11.2. The Balaban J connectivity index is 0.00000272. The first-order valence-electron chi connectivity index (χ1n) is 10.1. The molecule has 0 aliphatic carbocycles. The molecule has 3 aromatic rings. The molecule has 0 amide bonds. The highest BCUT2D eigenvalue weighted by atomic mass is 127. The van der Waals surface area contributed by atoms with Crippen LogP contribution in [0.15, 0.2) is 60.0 Å². The fraction of sp³-hybridized carbons (Fsp3) is 0.318. The second kappa shape index (κ2) is 10.6. The van der Waals surface area contributed by atoms with Crippen LogP contribution in [0.3, 0.4) is 0 Å². The van der Waals surface area contributed by atoms with Crippen molar-refractivity contribution >= 4 is 35.8 Å². The van der Waals surface area contributed by atoms with Gasteiger partial charge < -0.3 is 19.7 Å². The zero-order valence-corrected chi connectivity index (χ0v) is 20.0. The third-order valence-corrected chi connectivity index (χ3v) is 5.31. The minimum Gasteiger partial charge on any atom is -0.353 e. The number of halogens is 2. The van der Waals surface area contributed by atoms with Crippen molar-refractivity contribution in [3.05, 3.63) is 72.2 Å². The van der Waals surface area contributed by atoms with E-state index in [-0.39, 0.29) is 29.8 Å². The number of pyridine rings is 1. The summed E-state index contributed by atoms with van der Waals surface area (Å²) in [7, 11) is 1.78. The quantitative estimate of drug-likeness (QED) is 0.316. The molecule has 1 fully saturated rings. The van der Waals surface area contributed by atoms with Crippen LogP contribution in [0, 0.1) is 12.7 Å². The molecule has 31 heavy (non-hydrogen) atoms. The first-order chi connectivity index (χ1) is 14.7. The molecule has 4 rings (SSSR count). The number of rotatable bonds is 4. The Bertz CT molecular complexity index is 1010. The fourth-order valence-corrected chi connectivity index (χ4v) is 3.69. The molecule has 164 valence electrons. The summed E-state index contributed by atoms with van der Waals surface area (Å²) in [4.78, 5) is 17.5. The van der Waals surface area contributed by atoms with Gasteiger partial charge in [-0.15, -0.1) is 24.0 Å². The largest absolute Gasteiger partial charge is 0.353 e. The number of aromatic nitrogens is 3. The van der Waals surface area contributed by atoms with Crippen molar-refractivity contribution in [1.82, 2.24) is 24.8 Å². The monoisotopic (exact) mass is 535 g/mol. The number of benzene rings is 1. The van der Waals surface area contributed by atoms with Crippen molar-refractivity contribution in [2.45, 2.75) is 13.5 Å². The summed E-state index contributed by atoms with van der Waals surface area (Å²) >= 11 is 0. The highest BCUT2D eigenvalue weighted by Crippen LogP contribution is 2.17. The van der Waals surface area contributed by atoms with E-state index in [9.17, 15) is 4.39 Å². The minimum atomic E-state index is -0.269. The molecule has 9 heteroatoms. The van der Waals surface area contributed by atoms with Gasteiger partial charge in [0.2, 0.25) is 0 Å². The standard InChI is InChI=1S/C22H26FN7.HI/c1-17-25-9-10-30(17)20-7-6-18(15-19(20)23)16-27-22(24-2)29-13-11-28(12-14-29)21-5-3-4-8-26-21;/h3-10,15H,11-14,16H2,1-2H3,(H,24,27);1H. The first kappa shape index (κ1) is 23.0. The second-order valence-electron chi connectivity index (χ2n) is 7.19. The molecule has 2 aromatic heterocycles. The molecular formula is C22H27FIN7. The minimum absolute atomic E-state index is 0. The number of hydrogen-bond acceptors (Lipinski definition) is 4. The number of piperazine rings is 1. The molecule has 0 saturated carbocycles. The fourth-order valence-electron chi connectivity index (χ4n) is 3.69. The summed E-state index contributed by atoms with van der Waals surface area (Å²) in [5.74, 6) is 2.31. The number of aryl methyl sites for hydroxylation is 1. The Labute approximate surface area is 199 Å². The number of anilines is 1. The molecule has 0 unspecified atom stereocenters. The zero-order chi connectivity index (χ0) is 20.9. The van der Waals surface area contributed by atoms with E-state index in [4.69, 9.17) is 0 Å². The molecular weight excluding hydrogens is 508 g/mol. The van der Waals surface area contributed by atoms with Crippen LogP contribution < -0.4 is 10.2 Å². The molecule has 1 aliphatic heterocycles. The van der Waals surface area contributed by atoms with Gasteiger partial charge in [0.25, 0.3) is 0 Å². The molecule has 0 radical (unpaired) electrons. The van der Waals surface area contributed by atoms with Gasteiger partial charge in [-0.05, 0) is 36.8 Å². The number of hydrogen-bond donors (Lipinski definition) is 1. The van der Waals surface area contributed by atoms with Crippen molar-refractivity contribution in [3.8, 4) is 5.69 Å². The van der Waals surface area contributed by atoms with E-state index in [1.165, 1.54) is 0 Å². The van der Waals surface area contributed by atoms with E-state index in [2.05, 4.69) is 30.1 Å². The Morgan fingerprint density at radius 3 is 2.52 bits per heavy atom. The lowest BCUT2D eigenvalue weighted by molar-refractivity contribution is 0.371. The number of nitrogens with zero attached hydrogens (tertiary/aromatic N) is 6. The summed E-state index contributed by atoms with van der Waals surface area (Å²) in [6.45, 7) is 5.82. The second-order valence-corrected chi connectivity index (χ2v) is 7.19. The van der Waals surface area contributed by atoms with Crippen LogP contribution in [0.2, 0.25) is 0 Å². The maximum absolute atomic E-state index is 14.6. The van der Waals surface area contributed by atoms with Crippen LogP contribution in [0.25, 0.3) is 5.69 Å². The van der Waals surface area contributed by atoms with Gasteiger partial charge >= 0.3 is 0 Å². The lowest BCUT2D eigenvalue weighted by Gasteiger charge is -2.37. The summed E-state index contributed by atoms with van der Waals surface area (Å²) in [5, 5.41) is 3.36. The molecule has 0 bridgehead atoms. The van der Waals surface area contributed by atoms with E-state index >= 15 is 0 Å². The van der Waals surface area contributed by atoms with Gasteiger partial charge in [0.1, 0.15) is 17.5 Å². The predicted molar refractivity (Wildman–Crippen MR) is 132 cm³/mol. The van der Waals surface area contributed by atoms with Crippen LogP contribution in [-0.4, -0.2) is 58.6 Å². The Morgan fingerprint density at radius 2 is 1.90 bits per heavy atom. The summed E-state index contributed by atoms with van der Waals surface area (Å²) in [5.41, 5.74) is 1.37. The summed E-state index contributed by atoms with van der Waals surface area (Å²) < 4.78 is 16.4. The third kappa shape index (κ3) is 5.33. The lowest BCUT2D eigenvalue weighted by Crippen LogP contribution is -2.52. The van der Waals surface area contributed by atoms with E-state index in [1.807, 2.05) is 37.4 Å². The number of guanidine groups is 1. The Hall–Kier alpha value is -2.69. The predicted octanol–water partition coefficient (Wildman–Crippen LogP) is 3.23. The molecule has 1 aromatic carbocycles. The van der Waals surface area contributed by atoms with E-state index < -0.39 is 0 Å². The van der Waals surface area contributed by atoms with Crippen molar-refractivity contribution in [2.75, 3.05) is 38.1 Å². The number of aliphatic imine (C=N–C) groups is 1. The van der Waals surface area contributed by atoms with Crippen LogP contribution in [-0.2, 0) is 6.54 Å². The van der Waals surface area contributed by atoms with E-state index in [1.54, 1.807) is 36.1 Å². The molecule has 1 aliphatic rings. The van der Waals surface area contributed by atoms with Crippen LogP contribution >= 0.6 is 24.0 Å². The van der Waals surface area contributed by atoms with Crippen LogP contribution in [0.5, 0.6) is 0 Å².